The fraction of sp³-hybridized carbons (Fsp3) is 0.0909. The Morgan fingerprint density at radius 1 is 0.575 bits per heavy atom. The third-order valence-corrected chi connectivity index (χ3v) is 14.1. The highest BCUT2D eigenvalue weighted by molar-refractivity contribution is 8.03. The van der Waals surface area contributed by atoms with Gasteiger partial charge in [-0.2, -0.15) is 8.42 Å². The van der Waals surface area contributed by atoms with Crippen molar-refractivity contribution in [3.8, 4) is 0 Å². The van der Waals surface area contributed by atoms with Crippen LogP contribution in [-0.2, 0) is 19.8 Å². The Kier molecular flexibility index (Phi) is 8.60. The first kappa shape index (κ1) is 28.0. The second kappa shape index (κ2) is 12.3. The van der Waals surface area contributed by atoms with Crippen LogP contribution in [0.1, 0.15) is 16.8 Å². The Balaban J connectivity index is 1.74. The van der Waals surface area contributed by atoms with Crippen LogP contribution in [0.2, 0.25) is 0 Å². The zero-order valence-electron chi connectivity index (χ0n) is 22.1. The lowest BCUT2D eigenvalue weighted by atomic mass is 10.2. The molecule has 0 aliphatic carbocycles. The van der Waals surface area contributed by atoms with E-state index < -0.39 is 27.7 Å². The Morgan fingerprint density at radius 2 is 1.02 bits per heavy atom. The van der Waals surface area contributed by atoms with Gasteiger partial charge in [0.2, 0.25) is 0 Å². The fourth-order valence-electron chi connectivity index (χ4n) is 4.61. The van der Waals surface area contributed by atoms with Crippen LogP contribution in [0.5, 0.6) is 0 Å². The van der Waals surface area contributed by atoms with Gasteiger partial charge < -0.3 is 0 Å². The quantitative estimate of drug-likeness (QED) is 0.174. The van der Waals surface area contributed by atoms with Crippen molar-refractivity contribution in [3.63, 3.8) is 0 Å². The summed E-state index contributed by atoms with van der Waals surface area (Å²) in [6, 6.07) is 45.6. The molecule has 5 aromatic carbocycles. The average molecular weight is 584 g/mol. The first-order chi connectivity index (χ1) is 19.4. The first-order valence-electron chi connectivity index (χ1n) is 12.9. The molecule has 0 amide bonds. The van der Waals surface area contributed by atoms with Gasteiger partial charge in [0, 0.05) is 16.3 Å². The smallest absolute Gasteiger partial charge is 0.244 e. The van der Waals surface area contributed by atoms with E-state index in [1.54, 1.807) is 36.4 Å². The number of hydrogen-bond acceptors (Lipinski definition) is 3. The molecule has 0 saturated heterocycles. The SMILES string of the molecule is Cc1ccc(S(=O)(=O)N=S(=O)(C[C@H](c2ccccc2)P(c2ccccc2)c2ccccc2)c2ccccc2)cc1. The molecule has 0 aromatic heterocycles. The van der Waals surface area contributed by atoms with E-state index in [4.69, 9.17) is 0 Å². The van der Waals surface area contributed by atoms with Gasteiger partial charge in [-0.25, -0.2) is 4.21 Å². The molecule has 0 N–H and O–H groups in total. The zero-order valence-corrected chi connectivity index (χ0v) is 24.6. The standard InChI is InChI=1S/C33H30NO3PS2/c1-27-22-24-32(25-23-27)40(36,37)34-39(35,31-20-12-5-13-21-31)26-33(28-14-6-2-7-15-28)38(29-16-8-3-9-17-29)30-18-10-4-11-19-30/h2-25,33H,26H2,1H3/t33-,39?/m1/s1. The van der Waals surface area contributed by atoms with Gasteiger partial charge in [0.15, 0.2) is 0 Å². The minimum atomic E-state index is -4.21. The van der Waals surface area contributed by atoms with E-state index in [0.717, 1.165) is 21.7 Å². The molecule has 5 rings (SSSR count). The second-order valence-corrected chi connectivity index (χ2v) is 15.9. The molecule has 0 spiro atoms. The Morgan fingerprint density at radius 3 is 1.52 bits per heavy atom. The molecular formula is C33H30NO3PS2. The van der Waals surface area contributed by atoms with Gasteiger partial charge in [-0.05, 0) is 55.3 Å². The lowest BCUT2D eigenvalue weighted by Crippen LogP contribution is -2.23. The minimum Gasteiger partial charge on any atom is -0.244 e. The van der Waals surface area contributed by atoms with Crippen LogP contribution in [0.4, 0.5) is 0 Å². The normalized spacial score (nSPS) is 13.8. The number of rotatable bonds is 9. The van der Waals surface area contributed by atoms with E-state index in [0.29, 0.717) is 4.90 Å². The summed E-state index contributed by atoms with van der Waals surface area (Å²) in [5.74, 6) is 0.0433. The van der Waals surface area contributed by atoms with Gasteiger partial charge in [-0.3, -0.25) is 0 Å². The summed E-state index contributed by atoms with van der Waals surface area (Å²) < 4.78 is 46.6. The Bertz CT molecular complexity index is 1730. The number of sulfonamides is 1. The van der Waals surface area contributed by atoms with Crippen molar-refractivity contribution in [1.29, 1.82) is 0 Å². The molecule has 0 aliphatic heterocycles. The molecule has 0 aliphatic rings. The number of nitrogens with zero attached hydrogens (tertiary/aromatic N) is 1. The topological polar surface area (TPSA) is 63.6 Å². The average Bonchev–Trinajstić information content (AvgIpc) is 2.99. The van der Waals surface area contributed by atoms with Gasteiger partial charge in [0.05, 0.1) is 14.6 Å². The molecule has 5 aromatic rings. The molecule has 0 bridgehead atoms. The number of hydrogen-bond donors (Lipinski definition) is 0. The van der Waals surface area contributed by atoms with Crippen molar-refractivity contribution >= 4 is 38.3 Å². The third kappa shape index (κ3) is 6.42. The van der Waals surface area contributed by atoms with Gasteiger partial charge >= 0.3 is 0 Å². The molecule has 7 heteroatoms. The molecule has 0 radical (unpaired) electrons. The van der Waals surface area contributed by atoms with Gasteiger partial charge in [0.1, 0.15) is 0 Å². The van der Waals surface area contributed by atoms with Crippen LogP contribution in [-0.4, -0.2) is 18.4 Å². The van der Waals surface area contributed by atoms with E-state index in [2.05, 4.69) is 28.0 Å². The summed E-state index contributed by atoms with van der Waals surface area (Å²) in [5, 5.41) is 2.24. The second-order valence-electron chi connectivity index (χ2n) is 9.45. The lowest BCUT2D eigenvalue weighted by Gasteiger charge is -2.30. The predicted octanol–water partition coefficient (Wildman–Crippen LogP) is 7.09. The van der Waals surface area contributed by atoms with Gasteiger partial charge in [-0.15, -0.1) is 3.77 Å². The van der Waals surface area contributed by atoms with Crippen molar-refractivity contribution in [1.82, 2.24) is 0 Å². The molecule has 2 atom stereocenters. The minimum absolute atomic E-state index is 0.0337. The highest BCUT2D eigenvalue weighted by atomic mass is 32.3. The molecule has 40 heavy (non-hydrogen) atoms. The van der Waals surface area contributed by atoms with E-state index in [-0.39, 0.29) is 16.3 Å². The summed E-state index contributed by atoms with van der Waals surface area (Å²) in [7, 11) is -8.73. The van der Waals surface area contributed by atoms with Crippen molar-refractivity contribution in [2.75, 3.05) is 5.75 Å². The highest BCUT2D eigenvalue weighted by Gasteiger charge is 2.32. The van der Waals surface area contributed by atoms with E-state index in [1.165, 1.54) is 12.1 Å². The van der Waals surface area contributed by atoms with Crippen molar-refractivity contribution in [2.24, 2.45) is 3.77 Å². The van der Waals surface area contributed by atoms with Crippen LogP contribution in [0.25, 0.3) is 0 Å². The van der Waals surface area contributed by atoms with Crippen LogP contribution < -0.4 is 10.6 Å². The van der Waals surface area contributed by atoms with Crippen LogP contribution in [0.15, 0.2) is 159 Å². The summed E-state index contributed by atoms with van der Waals surface area (Å²) in [6.45, 7) is 1.89. The monoisotopic (exact) mass is 583 g/mol. The molecular weight excluding hydrogens is 553 g/mol. The highest BCUT2D eigenvalue weighted by Crippen LogP contribution is 2.51. The van der Waals surface area contributed by atoms with Gasteiger partial charge in [-0.1, -0.05) is 127 Å². The maximum atomic E-state index is 15.1. The summed E-state index contributed by atoms with van der Waals surface area (Å²) in [6.07, 6.45) is 0. The maximum absolute atomic E-state index is 15.1. The fourth-order valence-corrected chi connectivity index (χ4v) is 12.4. The summed E-state index contributed by atoms with van der Waals surface area (Å²) in [4.78, 5) is 0.439. The summed E-state index contributed by atoms with van der Waals surface area (Å²) >= 11 is 0. The number of aryl methyl sites for hydroxylation is 1. The molecule has 0 heterocycles. The first-order valence-corrected chi connectivity index (χ1v) is 17.5. The van der Waals surface area contributed by atoms with Crippen molar-refractivity contribution in [3.05, 3.63) is 157 Å². The van der Waals surface area contributed by atoms with Crippen LogP contribution in [0, 0.1) is 6.92 Å². The molecule has 4 nitrogen and oxygen atoms in total. The predicted molar refractivity (Wildman–Crippen MR) is 167 cm³/mol. The summed E-state index contributed by atoms with van der Waals surface area (Å²) in [5.41, 5.74) is 1.65. The van der Waals surface area contributed by atoms with Crippen molar-refractivity contribution in [2.45, 2.75) is 22.4 Å². The van der Waals surface area contributed by atoms with Crippen molar-refractivity contribution < 1.29 is 12.6 Å². The lowest BCUT2D eigenvalue weighted by molar-refractivity contribution is 0.598. The largest absolute Gasteiger partial charge is 0.290 e. The number of benzene rings is 5. The molecule has 202 valence electrons. The van der Waals surface area contributed by atoms with Crippen LogP contribution in [0.3, 0.4) is 0 Å². The molecule has 0 saturated carbocycles. The van der Waals surface area contributed by atoms with E-state index in [1.807, 2.05) is 79.7 Å². The van der Waals surface area contributed by atoms with Gasteiger partial charge in [0.25, 0.3) is 10.0 Å². The molecule has 1 unspecified atom stereocenters. The molecule has 0 fully saturated rings. The Labute approximate surface area is 238 Å². The third-order valence-electron chi connectivity index (χ3n) is 6.60. The van der Waals surface area contributed by atoms with E-state index >= 15 is 4.21 Å². The maximum Gasteiger partial charge on any atom is 0.290 e. The van der Waals surface area contributed by atoms with Crippen LogP contribution >= 0.6 is 7.92 Å². The van der Waals surface area contributed by atoms with E-state index in [9.17, 15) is 8.42 Å². The zero-order chi connectivity index (χ0) is 28.0. The Hall–Kier alpha value is -3.57.